The smallest absolute Gasteiger partial charge is 0.242 e. The molecule has 1 unspecified atom stereocenters. The number of benzene rings is 1. The van der Waals surface area contributed by atoms with E-state index in [0.29, 0.717) is 5.69 Å². The maximum Gasteiger partial charge on any atom is 0.242 e. The Morgan fingerprint density at radius 3 is 2.75 bits per heavy atom. The Hall–Kier alpha value is -1.40. The number of nitrogens with one attached hydrogen (secondary N) is 1. The van der Waals surface area contributed by atoms with Gasteiger partial charge in [0.1, 0.15) is 5.25 Å². The van der Waals surface area contributed by atoms with Gasteiger partial charge < -0.3 is 11.1 Å². The summed E-state index contributed by atoms with van der Waals surface area (Å²) in [5.74, 6) is -0.493. The maximum absolute atomic E-state index is 12.0. The van der Waals surface area contributed by atoms with Crippen LogP contribution >= 0.6 is 0 Å². The number of hydrogen-bond donors (Lipinski definition) is 2. The van der Waals surface area contributed by atoms with Crippen molar-refractivity contribution in [2.75, 3.05) is 5.32 Å². The average molecular weight is 240 g/mol. The number of amides is 1. The molecule has 1 aliphatic rings. The number of nitrogens with two attached hydrogens (primary N) is 1. The van der Waals surface area contributed by atoms with E-state index in [4.69, 9.17) is 5.73 Å². The van der Waals surface area contributed by atoms with Gasteiger partial charge in [-0.15, -0.1) is 0 Å². The molecule has 0 radical (unpaired) electrons. The Balaban J connectivity index is 2.67. The molecule has 86 valence electrons. The Morgan fingerprint density at radius 1 is 1.44 bits per heavy atom. The average Bonchev–Trinajstić information content (AvgIpc) is 2.26. The molecule has 1 aromatic rings. The first-order valence-corrected chi connectivity index (χ1v) is 6.39. The van der Waals surface area contributed by atoms with Crippen LogP contribution in [0.5, 0.6) is 0 Å². The fourth-order valence-corrected chi connectivity index (χ4v) is 3.06. The summed E-state index contributed by atoms with van der Waals surface area (Å²) in [6, 6.07) is 4.78. The van der Waals surface area contributed by atoms with E-state index in [0.717, 1.165) is 5.56 Å². The second-order valence-electron chi connectivity index (χ2n) is 3.71. The van der Waals surface area contributed by atoms with Crippen molar-refractivity contribution < 1.29 is 13.2 Å². The topological polar surface area (TPSA) is 89.3 Å². The summed E-state index contributed by atoms with van der Waals surface area (Å²) in [5.41, 5.74) is 6.51. The van der Waals surface area contributed by atoms with E-state index in [1.165, 1.54) is 13.0 Å². The van der Waals surface area contributed by atoms with Crippen molar-refractivity contribution in [3.05, 3.63) is 23.8 Å². The molecule has 1 atom stereocenters. The summed E-state index contributed by atoms with van der Waals surface area (Å²) in [5, 5.41) is 1.51. The Bertz CT molecular complexity index is 551. The molecule has 1 heterocycles. The molecule has 0 saturated heterocycles. The zero-order chi connectivity index (χ0) is 11.9. The summed E-state index contributed by atoms with van der Waals surface area (Å²) in [4.78, 5) is 11.6. The van der Waals surface area contributed by atoms with E-state index in [1.54, 1.807) is 12.1 Å². The van der Waals surface area contributed by atoms with Crippen LogP contribution in [0.15, 0.2) is 23.1 Å². The summed E-state index contributed by atoms with van der Waals surface area (Å²) in [7, 11) is -3.57. The Kier molecular flexibility index (Phi) is 2.47. The predicted molar refractivity (Wildman–Crippen MR) is 59.6 cm³/mol. The van der Waals surface area contributed by atoms with E-state index >= 15 is 0 Å². The van der Waals surface area contributed by atoms with E-state index in [2.05, 4.69) is 5.32 Å². The largest absolute Gasteiger partial charge is 0.326 e. The zero-order valence-electron chi connectivity index (χ0n) is 8.73. The molecule has 0 aromatic heterocycles. The molecule has 5 nitrogen and oxygen atoms in total. The molecular formula is C10H12N2O3S. The lowest BCUT2D eigenvalue weighted by Crippen LogP contribution is -2.37. The normalized spacial score (nSPS) is 22.4. The van der Waals surface area contributed by atoms with Gasteiger partial charge in [-0.3, -0.25) is 4.79 Å². The van der Waals surface area contributed by atoms with E-state index in [-0.39, 0.29) is 11.4 Å². The minimum absolute atomic E-state index is 0.155. The second-order valence-corrected chi connectivity index (χ2v) is 5.95. The first kappa shape index (κ1) is 11.1. The Morgan fingerprint density at radius 2 is 2.12 bits per heavy atom. The van der Waals surface area contributed by atoms with Gasteiger partial charge in [0.2, 0.25) is 5.91 Å². The number of sulfone groups is 1. The van der Waals surface area contributed by atoms with Gasteiger partial charge >= 0.3 is 0 Å². The van der Waals surface area contributed by atoms with Gasteiger partial charge in [-0.25, -0.2) is 8.42 Å². The van der Waals surface area contributed by atoms with Gasteiger partial charge in [-0.1, -0.05) is 6.07 Å². The lowest BCUT2D eigenvalue weighted by Gasteiger charge is -2.22. The highest BCUT2D eigenvalue weighted by atomic mass is 32.2. The number of anilines is 1. The molecule has 0 spiro atoms. The number of hydrogen-bond acceptors (Lipinski definition) is 4. The highest BCUT2D eigenvalue weighted by Gasteiger charge is 2.36. The molecular weight excluding hydrogens is 228 g/mol. The van der Waals surface area contributed by atoms with Crippen molar-refractivity contribution >= 4 is 21.4 Å². The van der Waals surface area contributed by atoms with Crippen LogP contribution in [0.1, 0.15) is 12.5 Å². The van der Waals surface area contributed by atoms with Gasteiger partial charge in [-0.05, 0) is 24.6 Å². The van der Waals surface area contributed by atoms with Crippen molar-refractivity contribution in [3.63, 3.8) is 0 Å². The Labute approximate surface area is 93.6 Å². The van der Waals surface area contributed by atoms with Crippen LogP contribution < -0.4 is 11.1 Å². The van der Waals surface area contributed by atoms with Crippen LogP contribution in [0, 0.1) is 0 Å². The van der Waals surface area contributed by atoms with Crippen LogP contribution in [-0.2, 0) is 21.2 Å². The van der Waals surface area contributed by atoms with Crippen molar-refractivity contribution in [3.8, 4) is 0 Å². The van der Waals surface area contributed by atoms with E-state index in [1.807, 2.05) is 0 Å². The van der Waals surface area contributed by atoms with Crippen LogP contribution in [0.4, 0.5) is 5.69 Å². The molecule has 0 fully saturated rings. The van der Waals surface area contributed by atoms with E-state index in [9.17, 15) is 13.2 Å². The summed E-state index contributed by atoms with van der Waals surface area (Å²) < 4.78 is 24.0. The molecule has 0 aliphatic carbocycles. The molecule has 3 N–H and O–H groups in total. The van der Waals surface area contributed by atoms with Crippen LogP contribution in [-0.4, -0.2) is 19.6 Å². The monoisotopic (exact) mass is 240 g/mol. The fourth-order valence-electron chi connectivity index (χ4n) is 1.60. The zero-order valence-corrected chi connectivity index (χ0v) is 9.54. The van der Waals surface area contributed by atoms with Crippen molar-refractivity contribution in [1.82, 2.24) is 0 Å². The van der Waals surface area contributed by atoms with Gasteiger partial charge in [0.05, 0.1) is 10.6 Å². The molecule has 1 aromatic carbocycles. The minimum Gasteiger partial charge on any atom is -0.326 e. The molecule has 1 aliphatic heterocycles. The third kappa shape index (κ3) is 1.50. The first-order valence-electron chi connectivity index (χ1n) is 4.84. The van der Waals surface area contributed by atoms with E-state index < -0.39 is 21.0 Å². The lowest BCUT2D eigenvalue weighted by molar-refractivity contribution is -0.115. The first-order chi connectivity index (χ1) is 7.46. The predicted octanol–water partition coefficient (Wildman–Crippen LogP) is 0.260. The van der Waals surface area contributed by atoms with Crippen molar-refractivity contribution in [2.45, 2.75) is 23.6 Å². The van der Waals surface area contributed by atoms with Crippen LogP contribution in [0.25, 0.3) is 0 Å². The molecule has 16 heavy (non-hydrogen) atoms. The fraction of sp³-hybridized carbons (Fsp3) is 0.300. The maximum atomic E-state index is 12.0. The molecule has 1 amide bonds. The highest BCUT2D eigenvalue weighted by Crippen LogP contribution is 2.30. The quantitative estimate of drug-likeness (QED) is 0.736. The third-order valence-electron chi connectivity index (χ3n) is 2.68. The molecule has 6 heteroatoms. The van der Waals surface area contributed by atoms with Gasteiger partial charge in [0.15, 0.2) is 9.84 Å². The minimum atomic E-state index is -3.57. The second kappa shape index (κ2) is 3.57. The SMILES string of the molecule is CC1C(=O)Nc2ccc(CN)cc2S1(=O)=O. The van der Waals surface area contributed by atoms with Crippen LogP contribution in [0.2, 0.25) is 0 Å². The van der Waals surface area contributed by atoms with Gasteiger partial charge in [0.25, 0.3) is 0 Å². The summed E-state index contributed by atoms with van der Waals surface area (Å²) in [6.07, 6.45) is 0. The van der Waals surface area contributed by atoms with Gasteiger partial charge in [-0.2, -0.15) is 0 Å². The van der Waals surface area contributed by atoms with Gasteiger partial charge in [0, 0.05) is 6.54 Å². The number of carbonyl (C=O) groups is 1. The molecule has 0 saturated carbocycles. The standard InChI is InChI=1S/C10H12N2O3S/c1-6-10(13)12-8-3-2-7(5-11)4-9(8)16(6,14)15/h2-4,6H,5,11H2,1H3,(H,12,13). The summed E-state index contributed by atoms with van der Waals surface area (Å²) in [6.45, 7) is 1.65. The summed E-state index contributed by atoms with van der Waals surface area (Å²) >= 11 is 0. The number of rotatable bonds is 1. The number of fused-ring (bicyclic) bond motifs is 1. The lowest BCUT2D eigenvalue weighted by atomic mass is 10.2. The van der Waals surface area contributed by atoms with Crippen LogP contribution in [0.3, 0.4) is 0 Å². The third-order valence-corrected chi connectivity index (χ3v) is 4.78. The van der Waals surface area contributed by atoms with Crippen molar-refractivity contribution in [1.29, 1.82) is 0 Å². The molecule has 0 bridgehead atoms. The number of carbonyl (C=O) groups excluding carboxylic acids is 1. The molecule has 2 rings (SSSR count). The van der Waals surface area contributed by atoms with Crippen molar-refractivity contribution in [2.24, 2.45) is 5.73 Å². The highest BCUT2D eigenvalue weighted by molar-refractivity contribution is 7.93.